The van der Waals surface area contributed by atoms with Crippen LogP contribution in [-0.4, -0.2) is 41.5 Å². The third kappa shape index (κ3) is 3.94. The maximum absolute atomic E-state index is 11.9. The molecule has 11 heteroatoms. The second-order valence-corrected chi connectivity index (χ2v) is 5.09. The second-order valence-electron chi connectivity index (χ2n) is 5.09. The van der Waals surface area contributed by atoms with E-state index >= 15 is 0 Å². The van der Waals surface area contributed by atoms with Crippen molar-refractivity contribution in [3.8, 4) is 0 Å². The Balaban J connectivity index is 1.94. The van der Waals surface area contributed by atoms with Gasteiger partial charge in [0, 0.05) is 18.7 Å². The van der Waals surface area contributed by atoms with Crippen molar-refractivity contribution in [3.63, 3.8) is 0 Å². The van der Waals surface area contributed by atoms with Crippen LogP contribution in [0.4, 0.5) is 11.5 Å². The van der Waals surface area contributed by atoms with E-state index in [0.717, 1.165) is 0 Å². The van der Waals surface area contributed by atoms with Crippen LogP contribution in [-0.2, 0) is 22.7 Å². The lowest BCUT2D eigenvalue weighted by molar-refractivity contribution is -0.386. The number of carbonyl (C=O) groups excluding carboxylic acids is 1. The van der Waals surface area contributed by atoms with Crippen LogP contribution >= 0.6 is 0 Å². The van der Waals surface area contributed by atoms with Gasteiger partial charge in [0.1, 0.15) is 17.9 Å². The van der Waals surface area contributed by atoms with Crippen molar-refractivity contribution in [1.82, 2.24) is 19.6 Å². The number of aryl methyl sites for hydroxylation is 2. The number of carboxylic acids is 1. The Morgan fingerprint density at radius 2 is 2.08 bits per heavy atom. The van der Waals surface area contributed by atoms with Crippen LogP contribution in [0.2, 0.25) is 0 Å². The number of amides is 1. The van der Waals surface area contributed by atoms with Gasteiger partial charge in [-0.1, -0.05) is 0 Å². The third-order valence-corrected chi connectivity index (χ3v) is 3.28. The summed E-state index contributed by atoms with van der Waals surface area (Å²) in [4.78, 5) is 32.9. The number of rotatable bonds is 7. The Bertz CT molecular complexity index is 793. The molecule has 2 N–H and O–H groups in total. The maximum atomic E-state index is 11.9. The number of hydrogen-bond acceptors (Lipinski definition) is 6. The molecule has 2 aromatic heterocycles. The highest BCUT2D eigenvalue weighted by atomic mass is 16.6. The van der Waals surface area contributed by atoms with Gasteiger partial charge in [0.2, 0.25) is 5.91 Å². The first-order valence-electron chi connectivity index (χ1n) is 7.01. The Morgan fingerprint density at radius 1 is 1.38 bits per heavy atom. The molecular weight excluding hydrogens is 320 g/mol. The van der Waals surface area contributed by atoms with Gasteiger partial charge in [0.15, 0.2) is 5.82 Å². The van der Waals surface area contributed by atoms with Crippen LogP contribution in [0.3, 0.4) is 0 Å². The quantitative estimate of drug-likeness (QED) is 0.559. The summed E-state index contributed by atoms with van der Waals surface area (Å²) in [5, 5.41) is 30.1. The summed E-state index contributed by atoms with van der Waals surface area (Å²) in [6, 6.07) is 1.48. The number of carboxylic acid groups (broad SMARTS) is 1. The fourth-order valence-electron chi connectivity index (χ4n) is 2.24. The molecule has 0 fully saturated rings. The van der Waals surface area contributed by atoms with Crippen LogP contribution in [0.5, 0.6) is 0 Å². The first-order valence-corrected chi connectivity index (χ1v) is 7.01. The Morgan fingerprint density at radius 3 is 2.67 bits per heavy atom. The molecule has 2 rings (SSSR count). The fraction of sp³-hybridized carbons (Fsp3) is 0.385. The van der Waals surface area contributed by atoms with E-state index < -0.39 is 10.9 Å². The molecule has 1 amide bonds. The van der Waals surface area contributed by atoms with Crippen LogP contribution < -0.4 is 5.32 Å². The summed E-state index contributed by atoms with van der Waals surface area (Å²) < 4.78 is 2.60. The van der Waals surface area contributed by atoms with Gasteiger partial charge in [-0.15, -0.1) is 0 Å². The average molecular weight is 336 g/mol. The second kappa shape index (κ2) is 6.89. The molecule has 0 unspecified atom stereocenters. The minimum Gasteiger partial charge on any atom is -0.480 e. The van der Waals surface area contributed by atoms with Crippen molar-refractivity contribution in [2.45, 2.75) is 33.4 Å². The topological polar surface area (TPSA) is 145 Å². The Hall–Kier alpha value is -3.24. The smallest absolute Gasteiger partial charge is 0.325 e. The fourth-order valence-corrected chi connectivity index (χ4v) is 2.24. The van der Waals surface area contributed by atoms with Crippen LogP contribution in [0.1, 0.15) is 17.8 Å². The number of aliphatic carboxylic acids is 1. The summed E-state index contributed by atoms with van der Waals surface area (Å²) in [5.41, 5.74) is 0.629. The highest BCUT2D eigenvalue weighted by Gasteiger charge is 2.21. The molecule has 11 nitrogen and oxygen atoms in total. The first-order chi connectivity index (χ1) is 11.3. The molecule has 2 heterocycles. The van der Waals surface area contributed by atoms with E-state index in [2.05, 4.69) is 15.5 Å². The largest absolute Gasteiger partial charge is 0.480 e. The number of aromatic nitrogens is 4. The normalized spacial score (nSPS) is 10.6. The van der Waals surface area contributed by atoms with Crippen molar-refractivity contribution < 1.29 is 19.6 Å². The van der Waals surface area contributed by atoms with Crippen molar-refractivity contribution in [3.05, 3.63) is 33.8 Å². The summed E-state index contributed by atoms with van der Waals surface area (Å²) in [6.07, 6.45) is 1.49. The number of nitrogens with one attached hydrogen (secondary N) is 1. The lowest BCUT2D eigenvalue weighted by Crippen LogP contribution is -2.16. The van der Waals surface area contributed by atoms with Crippen LogP contribution in [0.25, 0.3) is 0 Å². The molecule has 0 saturated carbocycles. The monoisotopic (exact) mass is 336 g/mol. The van der Waals surface area contributed by atoms with Crippen molar-refractivity contribution in [2.24, 2.45) is 0 Å². The minimum atomic E-state index is -1.04. The SMILES string of the molecule is Cc1nn(CCC(=O)Nc2ccn(CC(=O)O)n2)c(C)c1[N+](=O)[O-]. The van der Waals surface area contributed by atoms with E-state index in [9.17, 15) is 19.7 Å². The number of carbonyl (C=O) groups is 2. The molecule has 0 aliphatic heterocycles. The molecule has 2 aromatic rings. The number of anilines is 1. The van der Waals surface area contributed by atoms with Crippen molar-refractivity contribution in [2.75, 3.05) is 5.32 Å². The van der Waals surface area contributed by atoms with E-state index in [1.807, 2.05) is 0 Å². The van der Waals surface area contributed by atoms with Gasteiger partial charge < -0.3 is 10.4 Å². The van der Waals surface area contributed by atoms with Gasteiger partial charge in [0.05, 0.1) is 11.5 Å². The van der Waals surface area contributed by atoms with Crippen molar-refractivity contribution in [1.29, 1.82) is 0 Å². The molecule has 0 bridgehead atoms. The molecule has 0 aliphatic carbocycles. The van der Waals surface area contributed by atoms with Crippen molar-refractivity contribution >= 4 is 23.4 Å². The molecule has 0 aromatic carbocycles. The van der Waals surface area contributed by atoms with E-state index in [4.69, 9.17) is 5.11 Å². The van der Waals surface area contributed by atoms with Gasteiger partial charge in [-0.3, -0.25) is 29.1 Å². The van der Waals surface area contributed by atoms with Crippen LogP contribution in [0, 0.1) is 24.0 Å². The predicted octanol–water partition coefficient (Wildman–Crippen LogP) is 0.718. The zero-order valence-corrected chi connectivity index (χ0v) is 13.1. The summed E-state index contributed by atoms with van der Waals surface area (Å²) in [6.45, 7) is 2.99. The van der Waals surface area contributed by atoms with Gasteiger partial charge in [-0.2, -0.15) is 10.2 Å². The van der Waals surface area contributed by atoms with E-state index in [0.29, 0.717) is 11.4 Å². The molecule has 24 heavy (non-hydrogen) atoms. The molecule has 128 valence electrons. The standard InChI is InChI=1S/C13H16N6O5/c1-8-13(19(23)24)9(2)18(15-8)6-4-11(20)14-10-3-5-17(16-10)7-12(21)22/h3,5H,4,6-7H2,1-2H3,(H,21,22)(H,14,16,20). The molecule has 0 spiro atoms. The van der Waals surface area contributed by atoms with Crippen LogP contribution in [0.15, 0.2) is 12.3 Å². The van der Waals surface area contributed by atoms with E-state index in [-0.39, 0.29) is 36.9 Å². The predicted molar refractivity (Wildman–Crippen MR) is 81.5 cm³/mol. The van der Waals surface area contributed by atoms with Gasteiger partial charge in [0.25, 0.3) is 0 Å². The zero-order valence-electron chi connectivity index (χ0n) is 13.1. The number of nitro groups is 1. The minimum absolute atomic E-state index is 0.0465. The highest BCUT2D eigenvalue weighted by Crippen LogP contribution is 2.21. The summed E-state index contributed by atoms with van der Waals surface area (Å²) in [7, 11) is 0. The average Bonchev–Trinajstić information content (AvgIpc) is 3.00. The maximum Gasteiger partial charge on any atom is 0.325 e. The molecule has 0 atom stereocenters. The lowest BCUT2D eigenvalue weighted by Gasteiger charge is -2.04. The highest BCUT2D eigenvalue weighted by molar-refractivity contribution is 5.89. The lowest BCUT2D eigenvalue weighted by atomic mass is 10.3. The number of hydrogen-bond donors (Lipinski definition) is 2. The third-order valence-electron chi connectivity index (χ3n) is 3.28. The Labute approximate surface area is 136 Å². The van der Waals surface area contributed by atoms with Gasteiger partial charge in [-0.25, -0.2) is 0 Å². The van der Waals surface area contributed by atoms with Gasteiger partial charge >= 0.3 is 11.7 Å². The molecule has 0 saturated heterocycles. The molecular formula is C13H16N6O5. The van der Waals surface area contributed by atoms with E-state index in [1.54, 1.807) is 6.92 Å². The molecule has 0 aliphatic rings. The van der Waals surface area contributed by atoms with E-state index in [1.165, 1.54) is 28.6 Å². The van der Waals surface area contributed by atoms with Gasteiger partial charge in [-0.05, 0) is 13.8 Å². The Kier molecular flexibility index (Phi) is 4.92. The summed E-state index contributed by atoms with van der Waals surface area (Å²) >= 11 is 0. The summed E-state index contributed by atoms with van der Waals surface area (Å²) in [5.74, 6) is -1.16. The number of nitrogens with zero attached hydrogens (tertiary/aromatic N) is 5. The zero-order chi connectivity index (χ0) is 17.9. The first kappa shape index (κ1) is 17.1. The molecule has 0 radical (unpaired) electrons.